The van der Waals surface area contributed by atoms with Crippen LogP contribution in [0, 0.1) is 11.6 Å². The van der Waals surface area contributed by atoms with Crippen molar-refractivity contribution >= 4 is 0 Å². The van der Waals surface area contributed by atoms with Gasteiger partial charge in [-0.05, 0) is 12.1 Å². The topological polar surface area (TPSA) is 7.76 Å². The molecular formula is C13H14F2I2N2. The van der Waals surface area contributed by atoms with E-state index in [0.29, 0.717) is 13.1 Å². The normalized spacial score (nSPS) is 9.37. The van der Waals surface area contributed by atoms with Crippen molar-refractivity contribution in [1.29, 1.82) is 0 Å². The molecule has 2 aromatic heterocycles. The Labute approximate surface area is 145 Å². The lowest BCUT2D eigenvalue weighted by Crippen LogP contribution is -3.00. The van der Waals surface area contributed by atoms with Crippen LogP contribution in [-0.4, -0.2) is 0 Å². The molecule has 0 atom stereocenters. The van der Waals surface area contributed by atoms with Crippen molar-refractivity contribution in [1.82, 2.24) is 0 Å². The van der Waals surface area contributed by atoms with Crippen LogP contribution in [0.5, 0.6) is 0 Å². The predicted molar refractivity (Wildman–Crippen MR) is 57.8 cm³/mol. The summed E-state index contributed by atoms with van der Waals surface area (Å²) in [5, 5.41) is 0. The summed E-state index contributed by atoms with van der Waals surface area (Å²) >= 11 is 0. The van der Waals surface area contributed by atoms with Gasteiger partial charge in [0.1, 0.15) is 0 Å². The van der Waals surface area contributed by atoms with Crippen LogP contribution >= 0.6 is 0 Å². The van der Waals surface area contributed by atoms with Crippen LogP contribution in [0.4, 0.5) is 8.78 Å². The largest absolute Gasteiger partial charge is 1.00 e. The molecular weight excluding hydrogens is 476 g/mol. The van der Waals surface area contributed by atoms with E-state index >= 15 is 0 Å². The van der Waals surface area contributed by atoms with Crippen molar-refractivity contribution < 1.29 is 65.9 Å². The fourth-order valence-corrected chi connectivity index (χ4v) is 1.69. The van der Waals surface area contributed by atoms with Crippen LogP contribution in [0.25, 0.3) is 0 Å². The Morgan fingerprint density at radius 2 is 1.21 bits per heavy atom. The minimum atomic E-state index is -0.245. The van der Waals surface area contributed by atoms with Crippen LogP contribution < -0.4 is 57.1 Å². The molecule has 0 amide bonds. The van der Waals surface area contributed by atoms with E-state index in [1.807, 2.05) is 12.4 Å². The molecule has 0 fully saturated rings. The highest BCUT2D eigenvalue weighted by Crippen LogP contribution is 1.92. The molecule has 0 aliphatic heterocycles. The van der Waals surface area contributed by atoms with Crippen LogP contribution in [0.2, 0.25) is 0 Å². The van der Waals surface area contributed by atoms with Gasteiger partial charge in [0.15, 0.2) is 37.1 Å². The second-order valence-electron chi connectivity index (χ2n) is 3.87. The lowest BCUT2D eigenvalue weighted by Gasteiger charge is -1.96. The third-order valence-electron chi connectivity index (χ3n) is 2.48. The molecule has 0 aromatic carbocycles. The molecule has 0 aliphatic rings. The second-order valence-corrected chi connectivity index (χ2v) is 3.87. The summed E-state index contributed by atoms with van der Waals surface area (Å²) in [6, 6.07) is 6.17. The van der Waals surface area contributed by atoms with Gasteiger partial charge in [-0.25, -0.2) is 17.9 Å². The number of halogens is 4. The molecule has 0 saturated carbocycles. The lowest BCUT2D eigenvalue weighted by molar-refractivity contribution is -0.728. The lowest BCUT2D eigenvalue weighted by atomic mass is 10.3. The maximum atomic E-state index is 12.9. The average molecular weight is 490 g/mol. The number of nitrogens with zero attached hydrogens (tertiary/aromatic N) is 2. The number of hydrogen-bond donors (Lipinski definition) is 0. The summed E-state index contributed by atoms with van der Waals surface area (Å²) < 4.78 is 29.4. The Morgan fingerprint density at radius 1 is 0.789 bits per heavy atom. The zero-order valence-corrected chi connectivity index (χ0v) is 14.5. The summed E-state index contributed by atoms with van der Waals surface area (Å²) in [5.41, 5.74) is 0. The Hall–Kier alpha value is -0.380. The molecule has 104 valence electrons. The van der Waals surface area contributed by atoms with Gasteiger partial charge in [-0.15, -0.1) is 0 Å². The van der Waals surface area contributed by atoms with Gasteiger partial charge in [-0.3, -0.25) is 0 Å². The van der Waals surface area contributed by atoms with Gasteiger partial charge in [0.25, 0.3) is 0 Å². The predicted octanol–water partition coefficient (Wildman–Crippen LogP) is -4.36. The van der Waals surface area contributed by atoms with Crippen molar-refractivity contribution in [3.05, 3.63) is 60.7 Å². The third kappa shape index (κ3) is 6.55. The van der Waals surface area contributed by atoms with E-state index in [1.54, 1.807) is 21.3 Å². The zero-order chi connectivity index (χ0) is 12.1. The highest BCUT2D eigenvalue weighted by molar-refractivity contribution is 4.88. The number of rotatable bonds is 4. The number of hydrogen-bond acceptors (Lipinski definition) is 0. The van der Waals surface area contributed by atoms with Crippen LogP contribution in [0.1, 0.15) is 6.42 Å². The monoisotopic (exact) mass is 490 g/mol. The number of aromatic nitrogens is 2. The molecule has 0 unspecified atom stereocenters. The van der Waals surface area contributed by atoms with Crippen LogP contribution in [0.3, 0.4) is 0 Å². The zero-order valence-electron chi connectivity index (χ0n) is 10.1. The van der Waals surface area contributed by atoms with Gasteiger partial charge < -0.3 is 48.0 Å². The number of aryl methyl sites for hydroxylation is 2. The third-order valence-corrected chi connectivity index (χ3v) is 2.48. The van der Waals surface area contributed by atoms with Gasteiger partial charge >= 0.3 is 0 Å². The summed E-state index contributed by atoms with van der Waals surface area (Å²) in [7, 11) is 0. The fraction of sp³-hybridized carbons (Fsp3) is 0.231. The van der Waals surface area contributed by atoms with Crippen molar-refractivity contribution in [2.75, 3.05) is 0 Å². The molecule has 0 N–H and O–H groups in total. The molecule has 2 nitrogen and oxygen atoms in total. The molecule has 2 heterocycles. The van der Waals surface area contributed by atoms with Gasteiger partial charge in [0.2, 0.25) is 12.4 Å². The standard InChI is InChI=1S/C13H14F2N2.2HI/c14-12-4-1-6-16(10-12)8-3-9-17-7-2-5-13(15)11-17;;/h1-2,4-7,10-11H,3,8-9H2;2*1H/q+2;;/p-2. The quantitative estimate of drug-likeness (QED) is 0.303. The van der Waals surface area contributed by atoms with Crippen LogP contribution in [-0.2, 0) is 13.1 Å². The van der Waals surface area contributed by atoms with E-state index in [4.69, 9.17) is 0 Å². The van der Waals surface area contributed by atoms with Gasteiger partial charge in [0.05, 0.1) is 6.42 Å². The molecule has 6 heteroatoms. The van der Waals surface area contributed by atoms with E-state index in [1.165, 1.54) is 24.5 Å². The van der Waals surface area contributed by atoms with Crippen LogP contribution in [0.15, 0.2) is 49.1 Å². The van der Waals surface area contributed by atoms with Crippen molar-refractivity contribution in [2.24, 2.45) is 0 Å². The smallest absolute Gasteiger partial charge is 0.204 e. The van der Waals surface area contributed by atoms with Gasteiger partial charge in [-0.2, -0.15) is 0 Å². The van der Waals surface area contributed by atoms with Crippen molar-refractivity contribution in [2.45, 2.75) is 19.5 Å². The Balaban J connectivity index is 0.00000162. The fourth-order valence-electron chi connectivity index (χ4n) is 1.69. The summed E-state index contributed by atoms with van der Waals surface area (Å²) in [4.78, 5) is 0. The molecule has 2 aromatic rings. The maximum Gasteiger partial charge on any atom is 0.204 e. The molecule has 0 radical (unpaired) electrons. The van der Waals surface area contributed by atoms with Crippen molar-refractivity contribution in [3.63, 3.8) is 0 Å². The molecule has 19 heavy (non-hydrogen) atoms. The minimum absolute atomic E-state index is 0. The Bertz CT molecular complexity index is 464. The Morgan fingerprint density at radius 3 is 1.58 bits per heavy atom. The molecule has 0 aliphatic carbocycles. The first-order valence-corrected chi connectivity index (χ1v) is 5.53. The summed E-state index contributed by atoms with van der Waals surface area (Å²) in [6.07, 6.45) is 7.37. The highest BCUT2D eigenvalue weighted by Gasteiger charge is 2.06. The maximum absolute atomic E-state index is 12.9. The van der Waals surface area contributed by atoms with E-state index in [2.05, 4.69) is 0 Å². The molecule has 2 rings (SSSR count). The Kier molecular flexibility index (Phi) is 9.32. The summed E-state index contributed by atoms with van der Waals surface area (Å²) in [5.74, 6) is -0.489. The SMILES string of the molecule is Fc1ccc[n+](CCC[n+]2cccc(F)c2)c1.[I-].[I-]. The van der Waals surface area contributed by atoms with E-state index in [9.17, 15) is 8.78 Å². The highest BCUT2D eigenvalue weighted by atomic mass is 127. The average Bonchev–Trinajstić information content (AvgIpc) is 2.29. The molecule has 0 bridgehead atoms. The summed E-state index contributed by atoms with van der Waals surface area (Å²) in [6.45, 7) is 1.42. The van der Waals surface area contributed by atoms with E-state index in [0.717, 1.165) is 6.42 Å². The molecule has 0 saturated heterocycles. The first-order chi connectivity index (χ1) is 8.24. The first kappa shape index (κ1) is 18.6. The van der Waals surface area contributed by atoms with Crippen molar-refractivity contribution in [3.8, 4) is 0 Å². The number of pyridine rings is 2. The first-order valence-electron chi connectivity index (χ1n) is 5.53. The molecule has 0 spiro atoms. The minimum Gasteiger partial charge on any atom is -1.00 e. The van der Waals surface area contributed by atoms with E-state index < -0.39 is 0 Å². The second kappa shape index (κ2) is 9.51. The van der Waals surface area contributed by atoms with E-state index in [-0.39, 0.29) is 59.6 Å². The van der Waals surface area contributed by atoms with Gasteiger partial charge in [0, 0.05) is 12.1 Å². The van der Waals surface area contributed by atoms with Gasteiger partial charge in [-0.1, -0.05) is 0 Å².